The Morgan fingerprint density at radius 2 is 2.07 bits per heavy atom. The van der Waals surface area contributed by atoms with Gasteiger partial charge in [-0.05, 0) is 20.3 Å². The van der Waals surface area contributed by atoms with E-state index in [1.54, 1.807) is 19.3 Å². The maximum Gasteiger partial charge on any atom is 0.421 e. The zero-order chi connectivity index (χ0) is 19.9. The Labute approximate surface area is 158 Å². The third kappa shape index (κ3) is 3.16. The molecule has 3 aromatic rings. The second-order valence-corrected chi connectivity index (χ2v) is 6.48. The molecule has 11 heteroatoms. The van der Waals surface area contributed by atoms with Crippen molar-refractivity contribution in [2.45, 2.75) is 39.0 Å². The predicted octanol–water partition coefficient (Wildman–Crippen LogP) is 3.37. The van der Waals surface area contributed by atoms with Crippen LogP contribution in [0.15, 0.2) is 24.8 Å². The number of imidazole rings is 1. The van der Waals surface area contributed by atoms with Crippen LogP contribution in [0.25, 0.3) is 0 Å². The number of fused-ring (bicyclic) bond motifs is 1. The molecule has 0 aromatic carbocycles. The number of alkyl halides is 3. The lowest BCUT2D eigenvalue weighted by atomic mass is 10.2. The molecule has 28 heavy (non-hydrogen) atoms. The van der Waals surface area contributed by atoms with E-state index in [0.29, 0.717) is 12.2 Å². The molecule has 3 aromatic heterocycles. The number of nitrogens with one attached hydrogen (secondary N) is 2. The SMILES string of the molecule is CCNc1nc(Nc2cnn(C3CCn4ccnc43)c2C)ncc1C(F)(F)F. The largest absolute Gasteiger partial charge is 0.421 e. The Morgan fingerprint density at radius 1 is 1.25 bits per heavy atom. The summed E-state index contributed by atoms with van der Waals surface area (Å²) in [6.45, 7) is 4.77. The van der Waals surface area contributed by atoms with Crippen molar-refractivity contribution in [3.05, 3.63) is 41.9 Å². The van der Waals surface area contributed by atoms with Gasteiger partial charge < -0.3 is 15.2 Å². The summed E-state index contributed by atoms with van der Waals surface area (Å²) in [6.07, 6.45) is 2.45. The Morgan fingerprint density at radius 3 is 2.82 bits per heavy atom. The van der Waals surface area contributed by atoms with Crippen LogP contribution in [0.3, 0.4) is 0 Å². The highest BCUT2D eigenvalue weighted by atomic mass is 19.4. The minimum absolute atomic E-state index is 0.0244. The van der Waals surface area contributed by atoms with E-state index < -0.39 is 11.7 Å². The molecular formula is C17H19F3N8. The third-order valence-corrected chi connectivity index (χ3v) is 4.71. The molecule has 1 atom stereocenters. The summed E-state index contributed by atoms with van der Waals surface area (Å²) in [7, 11) is 0. The number of halogens is 3. The fraction of sp³-hybridized carbons (Fsp3) is 0.412. The van der Waals surface area contributed by atoms with Crippen LogP contribution >= 0.6 is 0 Å². The standard InChI is InChI=1S/C17H19F3N8/c1-3-21-14-11(17(18,19)20)8-23-16(26-14)25-12-9-24-28(10(12)2)13-4-6-27-7-5-22-15(13)27/h5,7-9,13H,3-4,6H2,1-2H3,(H2,21,23,25,26). The van der Waals surface area contributed by atoms with Crippen molar-refractivity contribution in [2.75, 3.05) is 17.2 Å². The minimum Gasteiger partial charge on any atom is -0.370 e. The van der Waals surface area contributed by atoms with Crippen LogP contribution in [-0.2, 0) is 12.7 Å². The Kier molecular flexibility index (Phi) is 4.44. The third-order valence-electron chi connectivity index (χ3n) is 4.71. The molecular weight excluding hydrogens is 373 g/mol. The van der Waals surface area contributed by atoms with E-state index in [-0.39, 0.29) is 17.8 Å². The smallest absolute Gasteiger partial charge is 0.370 e. The molecule has 0 fully saturated rings. The highest BCUT2D eigenvalue weighted by Crippen LogP contribution is 2.35. The summed E-state index contributed by atoms with van der Waals surface area (Å²) in [6, 6.07) is 0.0244. The van der Waals surface area contributed by atoms with Crippen molar-refractivity contribution in [1.29, 1.82) is 0 Å². The van der Waals surface area contributed by atoms with E-state index in [0.717, 1.165) is 30.7 Å². The molecule has 0 saturated carbocycles. The van der Waals surface area contributed by atoms with Gasteiger partial charge in [0.2, 0.25) is 5.95 Å². The maximum absolute atomic E-state index is 13.1. The molecule has 0 spiro atoms. The van der Waals surface area contributed by atoms with Gasteiger partial charge in [-0.1, -0.05) is 0 Å². The first-order valence-corrected chi connectivity index (χ1v) is 8.88. The number of rotatable bonds is 5. The van der Waals surface area contributed by atoms with Crippen LogP contribution in [0.4, 0.5) is 30.6 Å². The molecule has 0 aliphatic carbocycles. The molecule has 0 amide bonds. The van der Waals surface area contributed by atoms with Gasteiger partial charge >= 0.3 is 6.18 Å². The van der Waals surface area contributed by atoms with Crippen molar-refractivity contribution >= 4 is 17.5 Å². The van der Waals surface area contributed by atoms with Crippen LogP contribution in [0.1, 0.15) is 36.5 Å². The molecule has 1 aliphatic rings. The summed E-state index contributed by atoms with van der Waals surface area (Å²) >= 11 is 0. The van der Waals surface area contributed by atoms with Crippen molar-refractivity contribution in [1.82, 2.24) is 29.3 Å². The van der Waals surface area contributed by atoms with E-state index in [9.17, 15) is 13.2 Å². The zero-order valence-electron chi connectivity index (χ0n) is 15.3. The second kappa shape index (κ2) is 6.80. The van der Waals surface area contributed by atoms with Gasteiger partial charge in [-0.2, -0.15) is 23.3 Å². The van der Waals surface area contributed by atoms with E-state index in [2.05, 4.69) is 35.3 Å². The number of hydrogen-bond donors (Lipinski definition) is 2. The Bertz CT molecular complexity index is 991. The molecule has 0 radical (unpaired) electrons. The van der Waals surface area contributed by atoms with E-state index in [4.69, 9.17) is 0 Å². The first kappa shape index (κ1) is 18.3. The molecule has 0 saturated heterocycles. The summed E-state index contributed by atoms with van der Waals surface area (Å²) in [5, 5.41) is 10.0. The van der Waals surface area contributed by atoms with Gasteiger partial charge in [0.15, 0.2) is 0 Å². The fourth-order valence-electron chi connectivity index (χ4n) is 3.36. The highest BCUT2D eigenvalue weighted by Gasteiger charge is 2.35. The first-order chi connectivity index (χ1) is 13.4. The summed E-state index contributed by atoms with van der Waals surface area (Å²) in [4.78, 5) is 12.2. The maximum atomic E-state index is 13.1. The molecule has 8 nitrogen and oxygen atoms in total. The van der Waals surface area contributed by atoms with Crippen molar-refractivity contribution in [3.8, 4) is 0 Å². The van der Waals surface area contributed by atoms with Gasteiger partial charge in [-0.3, -0.25) is 4.68 Å². The highest BCUT2D eigenvalue weighted by molar-refractivity contribution is 5.58. The fourth-order valence-corrected chi connectivity index (χ4v) is 3.36. The average Bonchev–Trinajstić information content (AvgIpc) is 3.32. The molecule has 4 heterocycles. The minimum atomic E-state index is -4.53. The quantitative estimate of drug-likeness (QED) is 0.693. The second-order valence-electron chi connectivity index (χ2n) is 6.48. The van der Waals surface area contributed by atoms with Crippen molar-refractivity contribution in [2.24, 2.45) is 0 Å². The zero-order valence-corrected chi connectivity index (χ0v) is 15.3. The van der Waals surface area contributed by atoms with Crippen LogP contribution in [-0.4, -0.2) is 35.8 Å². The number of hydrogen-bond acceptors (Lipinski definition) is 6. The molecule has 2 N–H and O–H groups in total. The summed E-state index contributed by atoms with van der Waals surface area (Å²) in [5.74, 6) is 0.757. The molecule has 1 unspecified atom stereocenters. The molecule has 0 bridgehead atoms. The van der Waals surface area contributed by atoms with Crippen molar-refractivity contribution in [3.63, 3.8) is 0 Å². The van der Waals surface area contributed by atoms with Gasteiger partial charge in [0.25, 0.3) is 0 Å². The molecule has 1 aliphatic heterocycles. The number of aromatic nitrogens is 6. The number of aryl methyl sites for hydroxylation is 1. The van der Waals surface area contributed by atoms with Gasteiger partial charge in [-0.25, -0.2) is 9.97 Å². The molecule has 148 valence electrons. The summed E-state index contributed by atoms with van der Waals surface area (Å²) in [5.41, 5.74) is 0.562. The van der Waals surface area contributed by atoms with E-state index in [1.807, 2.05) is 17.8 Å². The topological polar surface area (TPSA) is 85.5 Å². The molecule has 4 rings (SSSR count). The van der Waals surface area contributed by atoms with Gasteiger partial charge in [0.1, 0.15) is 23.2 Å². The van der Waals surface area contributed by atoms with Gasteiger partial charge in [0, 0.05) is 31.7 Å². The van der Waals surface area contributed by atoms with E-state index in [1.165, 1.54) is 0 Å². The first-order valence-electron chi connectivity index (χ1n) is 8.88. The van der Waals surface area contributed by atoms with Gasteiger partial charge in [-0.15, -0.1) is 0 Å². The van der Waals surface area contributed by atoms with Crippen LogP contribution in [0.2, 0.25) is 0 Å². The van der Waals surface area contributed by atoms with E-state index >= 15 is 0 Å². The number of nitrogens with zero attached hydrogens (tertiary/aromatic N) is 6. The normalized spacial score (nSPS) is 16.2. The Balaban J connectivity index is 1.60. The lowest BCUT2D eigenvalue weighted by Crippen LogP contribution is -2.14. The lowest BCUT2D eigenvalue weighted by Gasteiger charge is -2.14. The predicted molar refractivity (Wildman–Crippen MR) is 96.4 cm³/mol. The lowest BCUT2D eigenvalue weighted by molar-refractivity contribution is -0.137. The van der Waals surface area contributed by atoms with Crippen LogP contribution in [0, 0.1) is 6.92 Å². The monoisotopic (exact) mass is 392 g/mol. The Hall–Kier alpha value is -3.11. The summed E-state index contributed by atoms with van der Waals surface area (Å²) < 4.78 is 43.3. The van der Waals surface area contributed by atoms with Crippen molar-refractivity contribution < 1.29 is 13.2 Å². The van der Waals surface area contributed by atoms with Crippen LogP contribution < -0.4 is 10.6 Å². The van der Waals surface area contributed by atoms with Gasteiger partial charge in [0.05, 0.1) is 17.6 Å². The average molecular weight is 392 g/mol. The van der Waals surface area contributed by atoms with Crippen LogP contribution in [0.5, 0.6) is 0 Å². The number of anilines is 3.